The van der Waals surface area contributed by atoms with Crippen molar-refractivity contribution in [3.63, 3.8) is 0 Å². The summed E-state index contributed by atoms with van der Waals surface area (Å²) >= 11 is 0. The van der Waals surface area contributed by atoms with Crippen LogP contribution in [0.15, 0.2) is 36.4 Å². The summed E-state index contributed by atoms with van der Waals surface area (Å²) in [5.41, 5.74) is 7.06. The molecular formula is C15H14FNO2. The fourth-order valence-electron chi connectivity index (χ4n) is 1.80. The number of anilines is 1. The van der Waals surface area contributed by atoms with Crippen molar-refractivity contribution in [3.05, 3.63) is 58.9 Å². The van der Waals surface area contributed by atoms with Gasteiger partial charge in [0.2, 0.25) is 0 Å². The molecule has 0 aliphatic rings. The van der Waals surface area contributed by atoms with E-state index in [0.717, 1.165) is 11.6 Å². The van der Waals surface area contributed by atoms with Gasteiger partial charge in [-0.2, -0.15) is 0 Å². The zero-order valence-corrected chi connectivity index (χ0v) is 10.7. The molecule has 0 saturated carbocycles. The highest BCUT2D eigenvalue weighted by atomic mass is 19.1. The number of rotatable bonds is 3. The van der Waals surface area contributed by atoms with Crippen LogP contribution < -0.4 is 10.5 Å². The molecule has 0 aromatic heterocycles. The number of aryl methyl sites for hydroxylation is 1. The van der Waals surface area contributed by atoms with Crippen LogP contribution in [-0.4, -0.2) is 12.9 Å². The van der Waals surface area contributed by atoms with E-state index in [0.29, 0.717) is 11.3 Å². The molecule has 0 fully saturated rings. The van der Waals surface area contributed by atoms with Crippen molar-refractivity contribution in [2.75, 3.05) is 12.8 Å². The number of ether oxygens (including phenoxy) is 1. The predicted molar refractivity (Wildman–Crippen MR) is 72.0 cm³/mol. The Hall–Kier alpha value is -2.36. The van der Waals surface area contributed by atoms with Gasteiger partial charge in [0.15, 0.2) is 5.78 Å². The lowest BCUT2D eigenvalue weighted by atomic mass is 10.0. The van der Waals surface area contributed by atoms with Crippen molar-refractivity contribution >= 4 is 11.5 Å². The van der Waals surface area contributed by atoms with E-state index >= 15 is 0 Å². The van der Waals surface area contributed by atoms with Gasteiger partial charge in [0.05, 0.1) is 12.8 Å². The summed E-state index contributed by atoms with van der Waals surface area (Å²) in [6.45, 7) is 1.88. The van der Waals surface area contributed by atoms with Crippen molar-refractivity contribution in [3.8, 4) is 5.75 Å². The lowest BCUT2D eigenvalue weighted by Gasteiger charge is -2.07. The zero-order chi connectivity index (χ0) is 14.0. The van der Waals surface area contributed by atoms with Crippen LogP contribution in [-0.2, 0) is 0 Å². The van der Waals surface area contributed by atoms with E-state index in [1.807, 2.05) is 6.92 Å². The summed E-state index contributed by atoms with van der Waals surface area (Å²) in [5.74, 6) is -0.233. The summed E-state index contributed by atoms with van der Waals surface area (Å²) < 4.78 is 18.5. The fourth-order valence-corrected chi connectivity index (χ4v) is 1.80. The Morgan fingerprint density at radius 2 is 1.79 bits per heavy atom. The van der Waals surface area contributed by atoms with Gasteiger partial charge in [-0.1, -0.05) is 12.1 Å². The minimum Gasteiger partial charge on any atom is -0.496 e. The quantitative estimate of drug-likeness (QED) is 0.681. The average Bonchev–Trinajstić information content (AvgIpc) is 2.41. The molecule has 0 amide bonds. The van der Waals surface area contributed by atoms with Crippen LogP contribution in [0.3, 0.4) is 0 Å². The van der Waals surface area contributed by atoms with Crippen LogP contribution >= 0.6 is 0 Å². The van der Waals surface area contributed by atoms with Gasteiger partial charge < -0.3 is 10.5 Å². The van der Waals surface area contributed by atoms with Gasteiger partial charge in [0, 0.05) is 11.1 Å². The SMILES string of the molecule is COc1cc(C(=O)c2ccc(N)c(F)c2)ccc1C. The highest BCUT2D eigenvalue weighted by Crippen LogP contribution is 2.22. The average molecular weight is 259 g/mol. The van der Waals surface area contributed by atoms with Crippen molar-refractivity contribution in [1.82, 2.24) is 0 Å². The standard InChI is InChI=1S/C15H14FNO2/c1-9-3-4-11(8-14(9)19-2)15(18)10-5-6-13(17)12(16)7-10/h3-8H,17H2,1-2H3. The summed E-state index contributed by atoms with van der Waals surface area (Å²) in [4.78, 5) is 12.2. The monoisotopic (exact) mass is 259 g/mol. The second-order valence-electron chi connectivity index (χ2n) is 4.25. The largest absolute Gasteiger partial charge is 0.496 e. The number of nitrogens with two attached hydrogens (primary N) is 1. The highest BCUT2D eigenvalue weighted by molar-refractivity contribution is 6.09. The second kappa shape index (κ2) is 5.10. The van der Waals surface area contributed by atoms with Crippen molar-refractivity contribution in [2.45, 2.75) is 6.92 Å². The molecule has 0 radical (unpaired) electrons. The van der Waals surface area contributed by atoms with Gasteiger partial charge in [-0.05, 0) is 36.8 Å². The van der Waals surface area contributed by atoms with Crippen LogP contribution in [0.1, 0.15) is 21.5 Å². The van der Waals surface area contributed by atoms with Crippen LogP contribution in [0.4, 0.5) is 10.1 Å². The normalized spacial score (nSPS) is 10.3. The Labute approximate surface area is 110 Å². The Bertz CT molecular complexity index is 638. The molecule has 2 aromatic carbocycles. The summed E-state index contributed by atoms with van der Waals surface area (Å²) in [7, 11) is 1.54. The first-order valence-electron chi connectivity index (χ1n) is 5.77. The van der Waals surface area contributed by atoms with Crippen LogP contribution in [0.5, 0.6) is 5.75 Å². The predicted octanol–water partition coefficient (Wildman–Crippen LogP) is 2.96. The second-order valence-corrected chi connectivity index (χ2v) is 4.25. The number of methoxy groups -OCH3 is 1. The molecule has 3 nitrogen and oxygen atoms in total. The maximum Gasteiger partial charge on any atom is 0.193 e. The molecule has 2 aromatic rings. The number of nitrogen functional groups attached to an aromatic ring is 1. The van der Waals surface area contributed by atoms with Crippen molar-refractivity contribution in [2.24, 2.45) is 0 Å². The molecule has 2 rings (SSSR count). The van der Waals surface area contributed by atoms with E-state index in [-0.39, 0.29) is 17.0 Å². The Kier molecular flexibility index (Phi) is 3.51. The molecule has 0 saturated heterocycles. The van der Waals surface area contributed by atoms with E-state index in [9.17, 15) is 9.18 Å². The lowest BCUT2D eigenvalue weighted by Crippen LogP contribution is -2.04. The molecule has 19 heavy (non-hydrogen) atoms. The van der Waals surface area contributed by atoms with Crippen LogP contribution in [0.25, 0.3) is 0 Å². The molecule has 2 N–H and O–H groups in total. The number of carbonyl (C=O) groups is 1. The van der Waals surface area contributed by atoms with E-state index in [2.05, 4.69) is 0 Å². The number of carbonyl (C=O) groups excluding carboxylic acids is 1. The zero-order valence-electron chi connectivity index (χ0n) is 10.7. The highest BCUT2D eigenvalue weighted by Gasteiger charge is 2.12. The number of hydrogen-bond donors (Lipinski definition) is 1. The van der Waals surface area contributed by atoms with Gasteiger partial charge in [-0.25, -0.2) is 4.39 Å². The molecular weight excluding hydrogens is 245 g/mol. The first-order chi connectivity index (χ1) is 9.02. The number of halogens is 1. The molecule has 0 spiro atoms. The van der Waals surface area contributed by atoms with Gasteiger partial charge in [0.1, 0.15) is 11.6 Å². The Balaban J connectivity index is 2.41. The first-order valence-corrected chi connectivity index (χ1v) is 5.77. The maximum absolute atomic E-state index is 13.4. The molecule has 98 valence electrons. The molecule has 0 atom stereocenters. The topological polar surface area (TPSA) is 52.3 Å². The molecule has 4 heteroatoms. The van der Waals surface area contributed by atoms with Gasteiger partial charge in [-0.3, -0.25) is 4.79 Å². The summed E-state index contributed by atoms with van der Waals surface area (Å²) in [6.07, 6.45) is 0. The third kappa shape index (κ3) is 2.57. The number of benzene rings is 2. The molecule has 0 aliphatic heterocycles. The van der Waals surface area contributed by atoms with Gasteiger partial charge >= 0.3 is 0 Å². The first kappa shape index (κ1) is 13.1. The van der Waals surface area contributed by atoms with E-state index in [4.69, 9.17) is 10.5 Å². The molecule has 0 heterocycles. The minimum atomic E-state index is -0.593. The van der Waals surface area contributed by atoms with E-state index in [1.165, 1.54) is 12.1 Å². The van der Waals surface area contributed by atoms with E-state index in [1.54, 1.807) is 25.3 Å². The molecule has 0 bridgehead atoms. The molecule has 0 aliphatic carbocycles. The lowest BCUT2D eigenvalue weighted by molar-refractivity contribution is 0.103. The van der Waals surface area contributed by atoms with Gasteiger partial charge in [-0.15, -0.1) is 0 Å². The van der Waals surface area contributed by atoms with E-state index < -0.39 is 5.82 Å². The van der Waals surface area contributed by atoms with Crippen LogP contribution in [0, 0.1) is 12.7 Å². The smallest absolute Gasteiger partial charge is 0.193 e. The molecule has 0 unspecified atom stereocenters. The van der Waals surface area contributed by atoms with Crippen LogP contribution in [0.2, 0.25) is 0 Å². The Morgan fingerprint density at radius 3 is 2.42 bits per heavy atom. The summed E-state index contributed by atoms with van der Waals surface area (Å²) in [6, 6.07) is 9.16. The van der Waals surface area contributed by atoms with Gasteiger partial charge in [0.25, 0.3) is 0 Å². The van der Waals surface area contributed by atoms with Crippen molar-refractivity contribution < 1.29 is 13.9 Å². The number of ketones is 1. The Morgan fingerprint density at radius 1 is 1.16 bits per heavy atom. The third-order valence-corrected chi connectivity index (χ3v) is 2.93. The summed E-state index contributed by atoms with van der Waals surface area (Å²) in [5, 5.41) is 0. The van der Waals surface area contributed by atoms with Crippen molar-refractivity contribution in [1.29, 1.82) is 0 Å². The fraction of sp³-hybridized carbons (Fsp3) is 0.133. The number of hydrogen-bond acceptors (Lipinski definition) is 3. The maximum atomic E-state index is 13.4. The minimum absolute atomic E-state index is 0.0260. The third-order valence-electron chi connectivity index (χ3n) is 2.93.